The van der Waals surface area contributed by atoms with E-state index in [1.807, 2.05) is 13.1 Å². The first-order chi connectivity index (χ1) is 10.6. The summed E-state index contributed by atoms with van der Waals surface area (Å²) in [5.74, 6) is -0.160. The van der Waals surface area contributed by atoms with Gasteiger partial charge in [0.15, 0.2) is 17.5 Å². The van der Waals surface area contributed by atoms with Crippen LogP contribution in [0.3, 0.4) is 0 Å². The van der Waals surface area contributed by atoms with Crippen molar-refractivity contribution < 1.29 is 9.50 Å². The van der Waals surface area contributed by atoms with Crippen molar-refractivity contribution in [2.24, 2.45) is 4.99 Å². The van der Waals surface area contributed by atoms with E-state index in [-0.39, 0.29) is 29.7 Å². The highest BCUT2D eigenvalue weighted by Crippen LogP contribution is 2.15. The standard InChI is InChI=1S/C17H26FN3O.HI/c1-4-5-6-7-8-11-21(3)17(19-2)20-13-14-9-10-16(22)15(18)12-14;/h4,9-10,12,22H,1,5-8,11,13H2,2-3H3,(H,19,20);1H. The Morgan fingerprint density at radius 3 is 2.74 bits per heavy atom. The van der Waals surface area contributed by atoms with Gasteiger partial charge in [-0.3, -0.25) is 4.99 Å². The number of halogens is 2. The number of hydrogen-bond acceptors (Lipinski definition) is 2. The summed E-state index contributed by atoms with van der Waals surface area (Å²) in [6.45, 7) is 5.10. The number of nitrogens with one attached hydrogen (secondary N) is 1. The minimum Gasteiger partial charge on any atom is -0.505 e. The van der Waals surface area contributed by atoms with Crippen LogP contribution in [0.2, 0.25) is 0 Å². The maximum Gasteiger partial charge on any atom is 0.193 e. The number of unbranched alkanes of at least 4 members (excludes halogenated alkanes) is 3. The molecule has 0 aliphatic heterocycles. The van der Waals surface area contributed by atoms with Gasteiger partial charge in [0, 0.05) is 27.2 Å². The predicted molar refractivity (Wildman–Crippen MR) is 105 cm³/mol. The second-order valence-electron chi connectivity index (χ2n) is 5.25. The van der Waals surface area contributed by atoms with Crippen LogP contribution in [0.25, 0.3) is 0 Å². The molecule has 0 unspecified atom stereocenters. The van der Waals surface area contributed by atoms with Gasteiger partial charge in [-0.05, 0) is 37.0 Å². The maximum absolute atomic E-state index is 13.3. The number of aliphatic imine (C=N–C) groups is 1. The summed E-state index contributed by atoms with van der Waals surface area (Å²) in [7, 11) is 3.72. The van der Waals surface area contributed by atoms with Gasteiger partial charge in [0.1, 0.15) is 0 Å². The van der Waals surface area contributed by atoms with E-state index in [1.54, 1.807) is 13.1 Å². The molecule has 2 N–H and O–H groups in total. The molecule has 130 valence electrons. The first-order valence-electron chi connectivity index (χ1n) is 7.58. The predicted octanol–water partition coefficient (Wildman–Crippen LogP) is 3.90. The first kappa shape index (κ1) is 21.7. The highest BCUT2D eigenvalue weighted by atomic mass is 127. The fraction of sp³-hybridized carbons (Fsp3) is 0.471. The number of aromatic hydroxyl groups is 1. The molecule has 1 aromatic rings. The Bertz CT molecular complexity index is 509. The zero-order valence-corrected chi connectivity index (χ0v) is 16.2. The van der Waals surface area contributed by atoms with E-state index in [1.165, 1.54) is 12.1 Å². The van der Waals surface area contributed by atoms with E-state index < -0.39 is 5.82 Å². The van der Waals surface area contributed by atoms with Gasteiger partial charge in [-0.1, -0.05) is 18.6 Å². The monoisotopic (exact) mass is 435 g/mol. The van der Waals surface area contributed by atoms with Crippen molar-refractivity contribution in [2.45, 2.75) is 32.2 Å². The first-order valence-corrected chi connectivity index (χ1v) is 7.58. The molecule has 0 heterocycles. The molecule has 0 spiro atoms. The summed E-state index contributed by atoms with van der Waals surface area (Å²) in [5, 5.41) is 12.4. The van der Waals surface area contributed by atoms with Gasteiger partial charge >= 0.3 is 0 Å². The van der Waals surface area contributed by atoms with E-state index in [2.05, 4.69) is 21.8 Å². The number of allylic oxidation sites excluding steroid dienone is 1. The van der Waals surface area contributed by atoms with Crippen LogP contribution in [-0.4, -0.2) is 36.6 Å². The van der Waals surface area contributed by atoms with Gasteiger partial charge < -0.3 is 15.3 Å². The number of nitrogens with zero attached hydrogens (tertiary/aromatic N) is 2. The number of benzene rings is 1. The number of rotatable bonds is 8. The number of phenols is 1. The Morgan fingerprint density at radius 1 is 1.39 bits per heavy atom. The Kier molecular flexibility index (Phi) is 11.5. The van der Waals surface area contributed by atoms with Gasteiger partial charge in [-0.15, -0.1) is 30.6 Å². The molecule has 0 atom stereocenters. The summed E-state index contributed by atoms with van der Waals surface area (Å²) in [6, 6.07) is 4.37. The molecule has 0 amide bonds. The third-order valence-electron chi connectivity index (χ3n) is 3.44. The van der Waals surface area contributed by atoms with E-state index in [0.717, 1.165) is 43.8 Å². The molecular weight excluding hydrogens is 408 g/mol. The molecule has 0 radical (unpaired) electrons. The fourth-order valence-corrected chi connectivity index (χ4v) is 2.15. The Balaban J connectivity index is 0.00000484. The average molecular weight is 435 g/mol. The summed E-state index contributed by atoms with van der Waals surface area (Å²) in [6.07, 6.45) is 6.43. The van der Waals surface area contributed by atoms with Crippen LogP contribution in [0.1, 0.15) is 31.2 Å². The van der Waals surface area contributed by atoms with Crippen molar-refractivity contribution in [1.82, 2.24) is 10.2 Å². The number of hydrogen-bond donors (Lipinski definition) is 2. The Morgan fingerprint density at radius 2 is 2.13 bits per heavy atom. The zero-order valence-electron chi connectivity index (χ0n) is 13.9. The molecular formula is C17H27FIN3O. The van der Waals surface area contributed by atoms with E-state index in [9.17, 15) is 9.50 Å². The van der Waals surface area contributed by atoms with Gasteiger partial charge in [-0.25, -0.2) is 4.39 Å². The van der Waals surface area contributed by atoms with E-state index in [0.29, 0.717) is 6.54 Å². The summed E-state index contributed by atoms with van der Waals surface area (Å²) in [4.78, 5) is 6.29. The van der Waals surface area contributed by atoms with Gasteiger partial charge in [-0.2, -0.15) is 0 Å². The van der Waals surface area contributed by atoms with Crippen molar-refractivity contribution in [3.8, 4) is 5.75 Å². The molecule has 0 saturated heterocycles. The lowest BCUT2D eigenvalue weighted by Gasteiger charge is -2.22. The van der Waals surface area contributed by atoms with Gasteiger partial charge in [0.05, 0.1) is 0 Å². The molecule has 0 saturated carbocycles. The second kappa shape index (κ2) is 12.2. The minimum atomic E-state index is -0.607. The summed E-state index contributed by atoms with van der Waals surface area (Å²) >= 11 is 0. The van der Waals surface area contributed by atoms with Crippen LogP contribution < -0.4 is 5.32 Å². The summed E-state index contributed by atoms with van der Waals surface area (Å²) in [5.41, 5.74) is 0.760. The Hall–Kier alpha value is -1.31. The molecule has 0 aliphatic carbocycles. The van der Waals surface area contributed by atoms with Gasteiger partial charge in [0.2, 0.25) is 0 Å². The van der Waals surface area contributed by atoms with Crippen LogP contribution >= 0.6 is 24.0 Å². The van der Waals surface area contributed by atoms with Crippen LogP contribution in [-0.2, 0) is 6.54 Å². The number of guanidine groups is 1. The van der Waals surface area contributed by atoms with E-state index in [4.69, 9.17) is 0 Å². The lowest BCUT2D eigenvalue weighted by atomic mass is 10.2. The fourth-order valence-electron chi connectivity index (χ4n) is 2.15. The van der Waals surface area contributed by atoms with Crippen molar-refractivity contribution in [2.75, 3.05) is 20.6 Å². The maximum atomic E-state index is 13.3. The molecule has 0 aromatic heterocycles. The minimum absolute atomic E-state index is 0. The van der Waals surface area contributed by atoms with Gasteiger partial charge in [0.25, 0.3) is 0 Å². The topological polar surface area (TPSA) is 47.9 Å². The third-order valence-corrected chi connectivity index (χ3v) is 3.44. The molecule has 23 heavy (non-hydrogen) atoms. The zero-order chi connectivity index (χ0) is 16.4. The second-order valence-corrected chi connectivity index (χ2v) is 5.25. The van der Waals surface area contributed by atoms with Crippen molar-refractivity contribution in [3.05, 3.63) is 42.2 Å². The van der Waals surface area contributed by atoms with Crippen LogP contribution in [0.4, 0.5) is 4.39 Å². The Labute approximate surface area is 155 Å². The molecule has 0 fully saturated rings. The van der Waals surface area contributed by atoms with Crippen LogP contribution in [0.5, 0.6) is 5.75 Å². The highest BCUT2D eigenvalue weighted by Gasteiger charge is 2.06. The van der Waals surface area contributed by atoms with Crippen molar-refractivity contribution >= 4 is 29.9 Å². The lowest BCUT2D eigenvalue weighted by Crippen LogP contribution is -2.39. The number of phenolic OH excluding ortho intramolecular Hbond substituents is 1. The molecule has 0 bridgehead atoms. The quantitative estimate of drug-likeness (QED) is 0.214. The molecule has 4 nitrogen and oxygen atoms in total. The molecule has 1 aromatic carbocycles. The smallest absolute Gasteiger partial charge is 0.193 e. The van der Waals surface area contributed by atoms with E-state index >= 15 is 0 Å². The SMILES string of the molecule is C=CCCCCCN(C)C(=NC)NCc1ccc(O)c(F)c1.I. The molecule has 1 rings (SSSR count). The summed E-state index contributed by atoms with van der Waals surface area (Å²) < 4.78 is 13.3. The van der Waals surface area contributed by atoms with Crippen LogP contribution in [0.15, 0.2) is 35.8 Å². The average Bonchev–Trinajstić information content (AvgIpc) is 2.51. The lowest BCUT2D eigenvalue weighted by molar-refractivity contribution is 0.431. The van der Waals surface area contributed by atoms with Crippen LogP contribution in [0, 0.1) is 5.82 Å². The third kappa shape index (κ3) is 8.20. The highest BCUT2D eigenvalue weighted by molar-refractivity contribution is 14.0. The molecule has 6 heteroatoms. The largest absolute Gasteiger partial charge is 0.505 e. The van der Waals surface area contributed by atoms with Crippen molar-refractivity contribution in [3.63, 3.8) is 0 Å². The molecule has 0 aliphatic rings. The normalized spacial score (nSPS) is 10.8. The van der Waals surface area contributed by atoms with Crippen molar-refractivity contribution in [1.29, 1.82) is 0 Å².